The van der Waals surface area contributed by atoms with E-state index < -0.39 is 18.3 Å². The zero-order valence-corrected chi connectivity index (χ0v) is 25.9. The third-order valence-corrected chi connectivity index (χ3v) is 8.80. The van der Waals surface area contributed by atoms with Gasteiger partial charge in [0.2, 0.25) is 0 Å². The Kier molecular flexibility index (Phi) is 7.40. The third kappa shape index (κ3) is 5.71. The maximum atomic E-state index is 6.43. The summed E-state index contributed by atoms with van der Waals surface area (Å²) >= 11 is 0. The summed E-state index contributed by atoms with van der Waals surface area (Å²) in [5.74, 6) is 1.92. The van der Waals surface area contributed by atoms with Gasteiger partial charge in [-0.1, -0.05) is 121 Å². The van der Waals surface area contributed by atoms with E-state index in [2.05, 4.69) is 94.4 Å². The highest BCUT2D eigenvalue weighted by molar-refractivity contribution is 6.63. The first-order valence-corrected chi connectivity index (χ1v) is 15.3. The number of benzene rings is 5. The van der Waals surface area contributed by atoms with Gasteiger partial charge in [-0.25, -0.2) is 15.0 Å². The molecule has 1 aliphatic heterocycles. The summed E-state index contributed by atoms with van der Waals surface area (Å²) in [5.41, 5.74) is 7.37. The minimum absolute atomic E-state index is 0.414. The summed E-state index contributed by atoms with van der Waals surface area (Å²) in [6, 6.07) is 45.4. The van der Waals surface area contributed by atoms with E-state index >= 15 is 0 Å². The maximum absolute atomic E-state index is 6.43. The van der Waals surface area contributed by atoms with Gasteiger partial charge in [0, 0.05) is 16.7 Å². The van der Waals surface area contributed by atoms with Crippen molar-refractivity contribution in [1.29, 1.82) is 0 Å². The van der Waals surface area contributed by atoms with Crippen molar-refractivity contribution in [2.45, 2.75) is 38.9 Å². The first-order valence-electron chi connectivity index (χ1n) is 15.3. The van der Waals surface area contributed by atoms with Gasteiger partial charge in [0.05, 0.1) is 11.2 Å². The zero-order valence-electron chi connectivity index (χ0n) is 25.9. The standard InChI is InChI=1S/C39H34BN3O2/c1-38(2)39(3,4)45-40(44-38)34-24-12-11-23-33(34)31-21-13-19-29(25-31)30-20-14-22-32(26-30)37-42-35(27-15-7-5-8-16-27)41-36(43-37)28-17-9-6-10-18-28/h5-26H,1-4H3. The molecule has 0 amide bonds. The van der Waals surface area contributed by atoms with Crippen LogP contribution in [0.3, 0.4) is 0 Å². The van der Waals surface area contributed by atoms with Gasteiger partial charge >= 0.3 is 7.12 Å². The van der Waals surface area contributed by atoms with Crippen LogP contribution in [0.2, 0.25) is 0 Å². The van der Waals surface area contributed by atoms with Crippen LogP contribution in [0.4, 0.5) is 0 Å². The average Bonchev–Trinajstić information content (AvgIpc) is 3.31. The summed E-state index contributed by atoms with van der Waals surface area (Å²) in [7, 11) is -0.445. The van der Waals surface area contributed by atoms with Crippen molar-refractivity contribution < 1.29 is 9.31 Å². The van der Waals surface area contributed by atoms with Crippen LogP contribution in [-0.2, 0) is 9.31 Å². The molecule has 0 unspecified atom stereocenters. The highest BCUT2D eigenvalue weighted by Gasteiger charge is 2.52. The van der Waals surface area contributed by atoms with Crippen molar-refractivity contribution in [3.8, 4) is 56.4 Å². The van der Waals surface area contributed by atoms with E-state index in [1.54, 1.807) is 0 Å². The van der Waals surface area contributed by atoms with Crippen molar-refractivity contribution in [1.82, 2.24) is 15.0 Å². The lowest BCUT2D eigenvalue weighted by Crippen LogP contribution is -2.41. The second-order valence-electron chi connectivity index (χ2n) is 12.4. The normalized spacial score (nSPS) is 15.2. The molecule has 1 aliphatic rings. The lowest BCUT2D eigenvalue weighted by atomic mass is 9.74. The van der Waals surface area contributed by atoms with Gasteiger partial charge in [0.15, 0.2) is 17.5 Å². The monoisotopic (exact) mass is 587 g/mol. The first kappa shape index (κ1) is 28.8. The highest BCUT2D eigenvalue weighted by atomic mass is 16.7. The number of rotatable bonds is 6. The molecule has 2 heterocycles. The maximum Gasteiger partial charge on any atom is 0.495 e. The average molecular weight is 588 g/mol. The molecule has 7 rings (SSSR count). The molecule has 0 atom stereocenters. The topological polar surface area (TPSA) is 57.1 Å². The van der Waals surface area contributed by atoms with Crippen molar-refractivity contribution in [3.05, 3.63) is 133 Å². The molecule has 0 bridgehead atoms. The van der Waals surface area contributed by atoms with Gasteiger partial charge in [-0.3, -0.25) is 0 Å². The molecule has 5 nitrogen and oxygen atoms in total. The summed E-state index contributed by atoms with van der Waals surface area (Å²) in [4.78, 5) is 14.7. The predicted octanol–water partition coefficient (Wildman–Crippen LogP) is 8.51. The summed E-state index contributed by atoms with van der Waals surface area (Å²) in [5, 5.41) is 0. The largest absolute Gasteiger partial charge is 0.495 e. The summed E-state index contributed by atoms with van der Waals surface area (Å²) in [6.07, 6.45) is 0. The third-order valence-electron chi connectivity index (χ3n) is 8.80. The van der Waals surface area contributed by atoms with E-state index in [4.69, 9.17) is 24.3 Å². The number of hydrogen-bond acceptors (Lipinski definition) is 5. The molecule has 220 valence electrons. The van der Waals surface area contributed by atoms with Gasteiger partial charge < -0.3 is 9.31 Å². The molecule has 6 aromatic rings. The van der Waals surface area contributed by atoms with E-state index in [1.807, 2.05) is 66.7 Å². The van der Waals surface area contributed by atoms with Crippen LogP contribution < -0.4 is 5.46 Å². The number of aromatic nitrogens is 3. The Morgan fingerprint density at radius 2 is 0.822 bits per heavy atom. The first-order chi connectivity index (χ1) is 21.8. The molecule has 0 aliphatic carbocycles. The Morgan fingerprint density at radius 3 is 1.38 bits per heavy atom. The Bertz CT molecular complexity index is 1900. The van der Waals surface area contributed by atoms with E-state index in [1.165, 1.54) is 0 Å². The molecule has 0 radical (unpaired) electrons. The van der Waals surface area contributed by atoms with Crippen LogP contribution in [0.15, 0.2) is 133 Å². The molecule has 1 fully saturated rings. The van der Waals surface area contributed by atoms with Gasteiger partial charge in [-0.15, -0.1) is 0 Å². The lowest BCUT2D eigenvalue weighted by Gasteiger charge is -2.32. The minimum Gasteiger partial charge on any atom is -0.399 e. The molecule has 1 aromatic heterocycles. The summed E-state index contributed by atoms with van der Waals surface area (Å²) < 4.78 is 12.9. The molecule has 0 spiro atoms. The zero-order chi connectivity index (χ0) is 31.0. The fourth-order valence-electron chi connectivity index (χ4n) is 5.58. The second kappa shape index (κ2) is 11.5. The van der Waals surface area contributed by atoms with Crippen LogP contribution in [0, 0.1) is 0 Å². The molecular formula is C39H34BN3O2. The van der Waals surface area contributed by atoms with Crippen molar-refractivity contribution in [2.75, 3.05) is 0 Å². The molecule has 6 heteroatoms. The predicted molar refractivity (Wildman–Crippen MR) is 183 cm³/mol. The van der Waals surface area contributed by atoms with Gasteiger partial charge in [0.25, 0.3) is 0 Å². The molecule has 5 aromatic carbocycles. The molecule has 45 heavy (non-hydrogen) atoms. The fourth-order valence-corrected chi connectivity index (χ4v) is 5.58. The van der Waals surface area contributed by atoms with E-state index in [0.717, 1.165) is 44.4 Å². The highest BCUT2D eigenvalue weighted by Crippen LogP contribution is 2.38. The number of nitrogens with zero attached hydrogens (tertiary/aromatic N) is 3. The van der Waals surface area contributed by atoms with Crippen molar-refractivity contribution in [3.63, 3.8) is 0 Å². The minimum atomic E-state index is -0.445. The molecule has 1 saturated heterocycles. The van der Waals surface area contributed by atoms with Crippen molar-refractivity contribution in [2.24, 2.45) is 0 Å². The van der Waals surface area contributed by atoms with Crippen LogP contribution in [0.1, 0.15) is 27.7 Å². The molecular weight excluding hydrogens is 553 g/mol. The summed E-state index contributed by atoms with van der Waals surface area (Å²) in [6.45, 7) is 8.34. The molecule has 0 saturated carbocycles. The smallest absolute Gasteiger partial charge is 0.399 e. The Balaban J connectivity index is 1.27. The lowest BCUT2D eigenvalue weighted by molar-refractivity contribution is 0.00578. The fraction of sp³-hybridized carbons (Fsp3) is 0.154. The van der Waals surface area contributed by atoms with E-state index in [-0.39, 0.29) is 0 Å². The van der Waals surface area contributed by atoms with E-state index in [0.29, 0.717) is 17.5 Å². The number of hydrogen-bond donors (Lipinski definition) is 0. The quantitative estimate of drug-likeness (QED) is 0.183. The Morgan fingerprint density at radius 1 is 0.422 bits per heavy atom. The Hall–Kier alpha value is -4.91. The second-order valence-corrected chi connectivity index (χ2v) is 12.4. The van der Waals surface area contributed by atoms with E-state index in [9.17, 15) is 0 Å². The van der Waals surface area contributed by atoms with Crippen LogP contribution >= 0.6 is 0 Å². The van der Waals surface area contributed by atoms with Crippen LogP contribution in [-0.4, -0.2) is 33.3 Å². The van der Waals surface area contributed by atoms with Gasteiger partial charge in [0.1, 0.15) is 0 Å². The van der Waals surface area contributed by atoms with Crippen LogP contribution in [0.5, 0.6) is 0 Å². The Labute approximate surface area is 265 Å². The van der Waals surface area contributed by atoms with Gasteiger partial charge in [-0.05, 0) is 67.5 Å². The van der Waals surface area contributed by atoms with Crippen molar-refractivity contribution >= 4 is 12.6 Å². The van der Waals surface area contributed by atoms with Gasteiger partial charge in [-0.2, -0.15) is 0 Å². The SMILES string of the molecule is CC1(C)OB(c2ccccc2-c2cccc(-c3cccc(-c4nc(-c5ccccc5)nc(-c5ccccc5)n4)c3)c2)OC1(C)C. The van der Waals surface area contributed by atoms with Crippen LogP contribution in [0.25, 0.3) is 56.4 Å². The molecule has 0 N–H and O–H groups in total.